The highest BCUT2D eigenvalue weighted by atomic mass is 16.5. The van der Waals surface area contributed by atoms with Gasteiger partial charge in [0.1, 0.15) is 35.6 Å². The average Bonchev–Trinajstić information content (AvgIpc) is 2.99. The standard InChI is InChI=1S/C38H54O6/c1-25(2)33-15-11-14-28(37(33)43-9)13-10-12-26(3)16-18-30(39)23-36(40)44-35-20-27(4)17-19-34(35)38(5,6)29-21-31(41-7)24-32(22-29)42-8/h11-12,14-15,21-22,24-25,27,34-35H,10,13,16-20,23H2,1-9H3/b26-12+/t27-,34-,35-/m1/s1. The van der Waals surface area contributed by atoms with Gasteiger partial charge in [0, 0.05) is 18.4 Å². The fourth-order valence-corrected chi connectivity index (χ4v) is 6.56. The number of para-hydroxylation sites is 1. The molecule has 0 amide bonds. The van der Waals surface area contributed by atoms with Gasteiger partial charge in [-0.1, -0.05) is 70.9 Å². The van der Waals surface area contributed by atoms with Crippen molar-refractivity contribution in [3.63, 3.8) is 0 Å². The van der Waals surface area contributed by atoms with Crippen molar-refractivity contribution in [3.8, 4) is 17.2 Å². The topological polar surface area (TPSA) is 71.1 Å². The molecule has 0 unspecified atom stereocenters. The van der Waals surface area contributed by atoms with Gasteiger partial charge in [0.15, 0.2) is 0 Å². The zero-order chi connectivity index (χ0) is 32.4. The smallest absolute Gasteiger partial charge is 0.313 e. The molecule has 1 aliphatic carbocycles. The summed E-state index contributed by atoms with van der Waals surface area (Å²) in [5, 5.41) is 0. The molecular formula is C38H54O6. The number of allylic oxidation sites excluding steroid dienone is 2. The van der Waals surface area contributed by atoms with Crippen LogP contribution in [0.2, 0.25) is 0 Å². The third-order valence-electron chi connectivity index (χ3n) is 9.36. The van der Waals surface area contributed by atoms with Crippen LogP contribution in [-0.4, -0.2) is 39.2 Å². The molecule has 0 aliphatic heterocycles. The van der Waals surface area contributed by atoms with Gasteiger partial charge in [-0.15, -0.1) is 0 Å². The highest BCUT2D eigenvalue weighted by Gasteiger charge is 2.42. The number of aryl methyl sites for hydroxylation is 1. The van der Waals surface area contributed by atoms with Crippen molar-refractivity contribution in [2.45, 2.75) is 110 Å². The zero-order valence-electron chi connectivity index (χ0n) is 28.5. The predicted molar refractivity (Wildman–Crippen MR) is 177 cm³/mol. The zero-order valence-corrected chi connectivity index (χ0v) is 28.5. The van der Waals surface area contributed by atoms with Gasteiger partial charge >= 0.3 is 5.97 Å². The molecule has 0 spiro atoms. The summed E-state index contributed by atoms with van der Waals surface area (Å²) in [6.07, 6.45) is 7.29. The molecule has 2 aromatic carbocycles. The molecule has 1 aliphatic rings. The lowest BCUT2D eigenvalue weighted by Gasteiger charge is -2.44. The van der Waals surface area contributed by atoms with Crippen LogP contribution in [0.15, 0.2) is 48.0 Å². The molecular weight excluding hydrogens is 552 g/mol. The average molecular weight is 607 g/mol. The van der Waals surface area contributed by atoms with Crippen LogP contribution in [0, 0.1) is 11.8 Å². The van der Waals surface area contributed by atoms with Crippen LogP contribution in [0.1, 0.15) is 109 Å². The number of benzene rings is 2. The van der Waals surface area contributed by atoms with E-state index in [1.54, 1.807) is 21.3 Å². The first-order valence-electron chi connectivity index (χ1n) is 16.2. The first-order chi connectivity index (χ1) is 20.9. The molecule has 1 fully saturated rings. The lowest BCUT2D eigenvalue weighted by atomic mass is 9.64. The van der Waals surface area contributed by atoms with E-state index in [1.807, 2.05) is 18.2 Å². The molecule has 242 valence electrons. The Morgan fingerprint density at radius 3 is 2.27 bits per heavy atom. The van der Waals surface area contributed by atoms with Crippen molar-refractivity contribution < 1.29 is 28.5 Å². The maximum Gasteiger partial charge on any atom is 0.313 e. The fraction of sp³-hybridized carbons (Fsp3) is 0.579. The van der Waals surface area contributed by atoms with Gasteiger partial charge in [0.2, 0.25) is 0 Å². The summed E-state index contributed by atoms with van der Waals surface area (Å²) in [4.78, 5) is 25.9. The number of esters is 1. The number of hydrogen-bond donors (Lipinski definition) is 0. The van der Waals surface area contributed by atoms with E-state index < -0.39 is 5.97 Å². The monoisotopic (exact) mass is 606 g/mol. The van der Waals surface area contributed by atoms with Crippen molar-refractivity contribution in [2.24, 2.45) is 11.8 Å². The van der Waals surface area contributed by atoms with E-state index in [0.717, 1.165) is 60.5 Å². The largest absolute Gasteiger partial charge is 0.497 e. The molecule has 0 radical (unpaired) electrons. The van der Waals surface area contributed by atoms with Crippen LogP contribution in [0.3, 0.4) is 0 Å². The summed E-state index contributed by atoms with van der Waals surface area (Å²) in [7, 11) is 5.03. The molecule has 0 aromatic heterocycles. The Labute approximate surface area is 265 Å². The Kier molecular flexibility index (Phi) is 12.9. The summed E-state index contributed by atoms with van der Waals surface area (Å²) in [6.45, 7) is 13.0. The molecule has 0 bridgehead atoms. The molecule has 44 heavy (non-hydrogen) atoms. The molecule has 1 saturated carbocycles. The predicted octanol–water partition coefficient (Wildman–Crippen LogP) is 8.78. The van der Waals surface area contributed by atoms with Crippen molar-refractivity contribution in [1.82, 2.24) is 0 Å². The molecule has 2 aromatic rings. The Balaban J connectivity index is 1.56. The highest BCUT2D eigenvalue weighted by molar-refractivity contribution is 5.95. The molecule has 6 nitrogen and oxygen atoms in total. The highest BCUT2D eigenvalue weighted by Crippen LogP contribution is 2.45. The van der Waals surface area contributed by atoms with E-state index in [-0.39, 0.29) is 29.6 Å². The van der Waals surface area contributed by atoms with Crippen molar-refractivity contribution >= 4 is 11.8 Å². The van der Waals surface area contributed by atoms with Gasteiger partial charge in [-0.3, -0.25) is 9.59 Å². The maximum atomic E-state index is 13.0. The van der Waals surface area contributed by atoms with E-state index in [0.29, 0.717) is 24.7 Å². The lowest BCUT2D eigenvalue weighted by Crippen LogP contribution is -2.43. The third-order valence-corrected chi connectivity index (χ3v) is 9.36. The second-order valence-electron chi connectivity index (χ2n) is 13.4. The normalized spacial score (nSPS) is 19.0. The Bertz CT molecular complexity index is 1270. The molecule has 0 heterocycles. The van der Waals surface area contributed by atoms with Crippen LogP contribution in [-0.2, 0) is 26.2 Å². The molecule has 6 heteroatoms. The van der Waals surface area contributed by atoms with Gasteiger partial charge in [-0.05, 0) is 85.1 Å². The van der Waals surface area contributed by atoms with Gasteiger partial charge in [0.25, 0.3) is 0 Å². The summed E-state index contributed by atoms with van der Waals surface area (Å²) in [6, 6.07) is 12.3. The van der Waals surface area contributed by atoms with Crippen molar-refractivity contribution in [2.75, 3.05) is 21.3 Å². The Morgan fingerprint density at radius 1 is 0.977 bits per heavy atom. The maximum absolute atomic E-state index is 13.0. The Morgan fingerprint density at radius 2 is 1.66 bits per heavy atom. The molecule has 3 atom stereocenters. The molecule has 0 saturated heterocycles. The van der Waals surface area contributed by atoms with Gasteiger partial charge in [-0.25, -0.2) is 0 Å². The summed E-state index contributed by atoms with van der Waals surface area (Å²) in [5.74, 6) is 2.92. The third kappa shape index (κ3) is 9.36. The van der Waals surface area contributed by atoms with Crippen LogP contribution in [0.25, 0.3) is 0 Å². The first kappa shape index (κ1) is 35.2. The summed E-state index contributed by atoms with van der Waals surface area (Å²) in [5.41, 5.74) is 4.37. The van der Waals surface area contributed by atoms with Gasteiger partial charge < -0.3 is 18.9 Å². The van der Waals surface area contributed by atoms with E-state index in [1.165, 1.54) is 11.1 Å². The number of rotatable bonds is 15. The SMILES string of the molecule is COc1cc(OC)cc(C(C)(C)[C@@H]2CC[C@@H](C)C[C@H]2OC(=O)CC(=O)CC/C(C)=C/CCc2cccc(C(C)C)c2OC)c1. The van der Waals surface area contributed by atoms with Crippen LogP contribution in [0.4, 0.5) is 0 Å². The first-order valence-corrected chi connectivity index (χ1v) is 16.2. The van der Waals surface area contributed by atoms with E-state index in [2.05, 4.69) is 65.8 Å². The minimum Gasteiger partial charge on any atom is -0.497 e. The lowest BCUT2D eigenvalue weighted by molar-refractivity contribution is -0.157. The van der Waals surface area contributed by atoms with Gasteiger partial charge in [-0.2, -0.15) is 0 Å². The van der Waals surface area contributed by atoms with E-state index in [9.17, 15) is 9.59 Å². The van der Waals surface area contributed by atoms with E-state index in [4.69, 9.17) is 18.9 Å². The minimum atomic E-state index is -0.420. The van der Waals surface area contributed by atoms with Crippen LogP contribution in [0.5, 0.6) is 17.2 Å². The number of hydrogen-bond acceptors (Lipinski definition) is 6. The second-order valence-corrected chi connectivity index (χ2v) is 13.4. The summed E-state index contributed by atoms with van der Waals surface area (Å²) < 4.78 is 22.9. The minimum absolute atomic E-state index is 0.0775. The number of ether oxygens (including phenoxy) is 4. The number of carbonyl (C=O) groups excluding carboxylic acids is 2. The Hall–Kier alpha value is -3.28. The number of Topliss-reactive ketones (excluding diaryl/α,β-unsaturated/α-hetero) is 1. The summed E-state index contributed by atoms with van der Waals surface area (Å²) >= 11 is 0. The quantitative estimate of drug-likeness (QED) is 0.115. The van der Waals surface area contributed by atoms with Crippen LogP contribution < -0.4 is 14.2 Å². The van der Waals surface area contributed by atoms with E-state index >= 15 is 0 Å². The second kappa shape index (κ2) is 16.2. The van der Waals surface area contributed by atoms with Crippen LogP contribution >= 0.6 is 0 Å². The number of methoxy groups -OCH3 is 3. The van der Waals surface area contributed by atoms with Gasteiger partial charge in [0.05, 0.1) is 21.3 Å². The number of carbonyl (C=O) groups is 2. The number of ketones is 1. The fourth-order valence-electron chi connectivity index (χ4n) is 6.56. The molecule has 3 rings (SSSR count). The van der Waals surface area contributed by atoms with Crippen molar-refractivity contribution in [3.05, 3.63) is 64.7 Å². The molecule has 0 N–H and O–H groups in total. The van der Waals surface area contributed by atoms with Crippen molar-refractivity contribution in [1.29, 1.82) is 0 Å².